The fourth-order valence-electron chi connectivity index (χ4n) is 4.30. The predicted octanol–water partition coefficient (Wildman–Crippen LogP) is 3.82. The second-order valence-corrected chi connectivity index (χ2v) is 11.6. The molecule has 1 N–H and O–H groups in total. The highest BCUT2D eigenvalue weighted by molar-refractivity contribution is 9.10. The molecule has 2 aromatic rings. The van der Waals surface area contributed by atoms with E-state index in [1.54, 1.807) is 0 Å². The number of piperidine rings is 1. The number of nitrogens with zero attached hydrogens (tertiary/aromatic N) is 4. The second kappa shape index (κ2) is 11.8. The number of pyridine rings is 1. The lowest BCUT2D eigenvalue weighted by Crippen LogP contribution is -2.42. The van der Waals surface area contributed by atoms with Crippen LogP contribution in [-0.4, -0.2) is 66.7 Å². The van der Waals surface area contributed by atoms with Crippen LogP contribution in [0, 0.1) is 5.92 Å². The summed E-state index contributed by atoms with van der Waals surface area (Å²) < 4.78 is 77.5. The Morgan fingerprint density at radius 1 is 1.27 bits per heavy atom. The van der Waals surface area contributed by atoms with Crippen LogP contribution in [0.15, 0.2) is 32.8 Å². The highest BCUT2D eigenvalue weighted by atomic mass is 79.9. The molecule has 2 saturated heterocycles. The molecular formula is C21H24BrClF3N5O5S. The molecule has 0 aromatic carbocycles. The third kappa shape index (κ3) is 6.38. The number of ether oxygens (including phenoxy) is 2. The van der Waals surface area contributed by atoms with Crippen LogP contribution >= 0.6 is 27.5 Å². The number of alkyl halides is 3. The molecule has 0 spiro atoms. The van der Waals surface area contributed by atoms with Crippen molar-refractivity contribution in [3.8, 4) is 5.75 Å². The summed E-state index contributed by atoms with van der Waals surface area (Å²) in [6.45, 7) is -2.65. The van der Waals surface area contributed by atoms with Gasteiger partial charge in [0.05, 0.1) is 24.5 Å². The van der Waals surface area contributed by atoms with Gasteiger partial charge < -0.3 is 14.8 Å². The van der Waals surface area contributed by atoms with Gasteiger partial charge in [-0.2, -0.15) is 18.2 Å². The Kier molecular flexibility index (Phi) is 8.99. The monoisotopic (exact) mass is 629 g/mol. The predicted molar refractivity (Wildman–Crippen MR) is 131 cm³/mol. The minimum Gasteiger partial charge on any atom is -0.432 e. The zero-order valence-corrected chi connectivity index (χ0v) is 22.5. The Morgan fingerprint density at radius 2 is 2.00 bits per heavy atom. The summed E-state index contributed by atoms with van der Waals surface area (Å²) in [4.78, 5) is 16.7. The molecule has 0 radical (unpaired) electrons. The molecule has 1 unspecified atom stereocenters. The van der Waals surface area contributed by atoms with E-state index < -0.39 is 45.4 Å². The van der Waals surface area contributed by atoms with Gasteiger partial charge in [-0.25, -0.2) is 22.5 Å². The summed E-state index contributed by atoms with van der Waals surface area (Å²) in [5.74, 6) is -0.934. The van der Waals surface area contributed by atoms with E-state index in [-0.39, 0.29) is 53.7 Å². The van der Waals surface area contributed by atoms with Crippen molar-refractivity contribution < 1.29 is 31.1 Å². The van der Waals surface area contributed by atoms with Crippen molar-refractivity contribution in [2.75, 3.05) is 31.6 Å². The maximum Gasteiger partial charge on any atom is 0.387 e. The lowest BCUT2D eigenvalue weighted by molar-refractivity contribution is -0.102. The summed E-state index contributed by atoms with van der Waals surface area (Å²) in [6.07, 6.45) is 1.81. The molecule has 0 aliphatic carbocycles. The third-order valence-electron chi connectivity index (χ3n) is 6.23. The molecule has 10 nitrogen and oxygen atoms in total. The Balaban J connectivity index is 1.44. The van der Waals surface area contributed by atoms with Gasteiger partial charge in [0.1, 0.15) is 9.63 Å². The maximum absolute atomic E-state index is 13.9. The van der Waals surface area contributed by atoms with E-state index in [0.29, 0.717) is 13.0 Å². The zero-order chi connectivity index (χ0) is 26.7. The van der Waals surface area contributed by atoms with Crippen LogP contribution in [0.2, 0.25) is 5.02 Å². The van der Waals surface area contributed by atoms with E-state index in [1.807, 2.05) is 0 Å². The largest absolute Gasteiger partial charge is 0.432 e. The first-order valence-electron chi connectivity index (χ1n) is 11.5. The summed E-state index contributed by atoms with van der Waals surface area (Å²) in [5.41, 5.74) is -0.293. The molecule has 16 heteroatoms. The lowest BCUT2D eigenvalue weighted by Gasteiger charge is -2.31. The van der Waals surface area contributed by atoms with Crippen LogP contribution in [0.1, 0.15) is 31.7 Å². The van der Waals surface area contributed by atoms with E-state index in [9.17, 15) is 26.4 Å². The second-order valence-electron chi connectivity index (χ2n) is 8.58. The molecular weight excluding hydrogens is 607 g/mol. The molecule has 2 fully saturated rings. The van der Waals surface area contributed by atoms with Crippen molar-refractivity contribution >= 4 is 43.2 Å². The van der Waals surface area contributed by atoms with Gasteiger partial charge in [-0.1, -0.05) is 11.6 Å². The average Bonchev–Trinajstić information content (AvgIpc) is 2.86. The summed E-state index contributed by atoms with van der Waals surface area (Å²) in [7, 11) is -4.26. The van der Waals surface area contributed by atoms with Gasteiger partial charge in [-0.15, -0.1) is 0 Å². The standard InChI is InChI=1S/C21H24BrClF3N5O5S/c22-16-4-3-15(36-21(25)26)19(29-16)37(33,34)30-7-5-13(6-8-30)31-20(32)17(23)14(11-28-31)27-10-12-2-1-9-35-18(12)24/h3-4,11-13,18,21,27H,1-2,5-10H2/t12-,18?/m0/s1. The minimum absolute atomic E-state index is 0.0133. The Morgan fingerprint density at radius 3 is 2.68 bits per heavy atom. The Bertz CT molecular complexity index is 1280. The molecule has 4 rings (SSSR count). The van der Waals surface area contributed by atoms with Crippen LogP contribution in [0.5, 0.6) is 5.75 Å². The zero-order valence-electron chi connectivity index (χ0n) is 19.3. The molecule has 2 aliphatic heterocycles. The Labute approximate surface area is 224 Å². The molecule has 0 saturated carbocycles. The molecule has 4 heterocycles. The molecule has 2 aliphatic rings. The van der Waals surface area contributed by atoms with Gasteiger partial charge in [0.15, 0.2) is 5.75 Å². The Hall–Kier alpha value is -1.94. The lowest BCUT2D eigenvalue weighted by atomic mass is 10.0. The fourth-order valence-corrected chi connectivity index (χ4v) is 6.45. The first-order chi connectivity index (χ1) is 17.6. The molecule has 37 heavy (non-hydrogen) atoms. The molecule has 0 bridgehead atoms. The maximum atomic E-state index is 13.9. The topological polar surface area (TPSA) is 116 Å². The first-order valence-corrected chi connectivity index (χ1v) is 14.1. The quantitative estimate of drug-likeness (QED) is 0.438. The van der Waals surface area contributed by atoms with Crippen molar-refractivity contribution in [3.63, 3.8) is 0 Å². The number of nitrogens with one attached hydrogen (secondary N) is 1. The smallest absolute Gasteiger partial charge is 0.387 e. The third-order valence-corrected chi connectivity index (χ3v) is 8.86. The summed E-state index contributed by atoms with van der Waals surface area (Å²) in [6, 6.07) is 1.95. The van der Waals surface area contributed by atoms with Crippen molar-refractivity contribution in [1.29, 1.82) is 0 Å². The minimum atomic E-state index is -4.26. The fraction of sp³-hybridized carbons (Fsp3) is 0.571. The van der Waals surface area contributed by atoms with Crippen molar-refractivity contribution in [2.24, 2.45) is 5.92 Å². The van der Waals surface area contributed by atoms with E-state index >= 15 is 0 Å². The van der Waals surface area contributed by atoms with Gasteiger partial charge in [0, 0.05) is 25.6 Å². The average molecular weight is 631 g/mol. The van der Waals surface area contributed by atoms with Crippen molar-refractivity contribution in [2.45, 2.75) is 49.7 Å². The van der Waals surface area contributed by atoms with Crippen molar-refractivity contribution in [1.82, 2.24) is 19.1 Å². The van der Waals surface area contributed by atoms with Crippen LogP contribution < -0.4 is 15.6 Å². The number of rotatable bonds is 8. The number of sulfonamides is 1. The highest BCUT2D eigenvalue weighted by Gasteiger charge is 2.35. The number of anilines is 1. The van der Waals surface area contributed by atoms with Gasteiger partial charge >= 0.3 is 6.61 Å². The van der Waals surface area contributed by atoms with Crippen molar-refractivity contribution in [3.05, 3.63) is 38.3 Å². The number of hydrogen-bond acceptors (Lipinski definition) is 8. The molecule has 2 aromatic heterocycles. The van der Waals surface area contributed by atoms with E-state index in [2.05, 4.69) is 36.1 Å². The van der Waals surface area contributed by atoms with Gasteiger partial charge in [0.25, 0.3) is 15.6 Å². The molecule has 2 atom stereocenters. The van der Waals surface area contributed by atoms with Crippen LogP contribution in [0.3, 0.4) is 0 Å². The highest BCUT2D eigenvalue weighted by Crippen LogP contribution is 2.32. The number of halogens is 5. The van der Waals surface area contributed by atoms with Gasteiger partial charge in [-0.3, -0.25) is 4.79 Å². The normalized spacial score (nSPS) is 21.8. The van der Waals surface area contributed by atoms with Gasteiger partial charge in [-0.05, 0) is 53.7 Å². The van der Waals surface area contributed by atoms with Crippen LogP contribution in [0.4, 0.5) is 18.9 Å². The van der Waals surface area contributed by atoms with E-state index in [0.717, 1.165) is 16.8 Å². The molecule has 204 valence electrons. The number of aromatic nitrogens is 3. The molecule has 0 amide bonds. The van der Waals surface area contributed by atoms with E-state index in [4.69, 9.17) is 16.3 Å². The first kappa shape index (κ1) is 28.1. The van der Waals surface area contributed by atoms with Crippen LogP contribution in [-0.2, 0) is 14.8 Å². The number of hydrogen-bond donors (Lipinski definition) is 1. The van der Waals surface area contributed by atoms with Crippen LogP contribution in [0.25, 0.3) is 0 Å². The summed E-state index contributed by atoms with van der Waals surface area (Å²) >= 11 is 9.32. The SMILES string of the molecule is O=c1c(Cl)c(NC[C@@H]2CCCOC2F)cnn1C1CCN(S(=O)(=O)c2nc(Br)ccc2OC(F)F)CC1. The van der Waals surface area contributed by atoms with Gasteiger partial charge in [0.2, 0.25) is 11.4 Å². The summed E-state index contributed by atoms with van der Waals surface area (Å²) in [5, 5.41) is 6.41. The van der Waals surface area contributed by atoms with E-state index in [1.165, 1.54) is 16.9 Å².